The van der Waals surface area contributed by atoms with Crippen LogP contribution < -0.4 is 5.46 Å². The molecule has 0 aliphatic rings. The summed E-state index contributed by atoms with van der Waals surface area (Å²) in [6, 6.07) is 4.65. The van der Waals surface area contributed by atoms with Gasteiger partial charge in [0.1, 0.15) is 5.82 Å². The quantitative estimate of drug-likeness (QED) is 0.652. The summed E-state index contributed by atoms with van der Waals surface area (Å²) < 4.78 is 13.7. The molecule has 2 nitrogen and oxygen atoms in total. The van der Waals surface area contributed by atoms with Crippen LogP contribution in [0, 0.1) is 5.82 Å². The largest absolute Gasteiger partial charge is 0.491 e. The highest BCUT2D eigenvalue weighted by molar-refractivity contribution is 6.58. The Bertz CT molecular complexity index is 331. The van der Waals surface area contributed by atoms with E-state index in [-0.39, 0.29) is 10.9 Å². The number of hydrogen-bond acceptors (Lipinski definition) is 2. The zero-order chi connectivity index (χ0) is 10.9. The third-order valence-electron chi connectivity index (χ3n) is 2.11. The molecule has 0 radical (unpaired) electrons. The molecule has 1 rings (SSSR count). The average molecular weight is 196 g/mol. The van der Waals surface area contributed by atoms with E-state index in [9.17, 15) is 4.39 Å². The van der Waals surface area contributed by atoms with Crippen molar-refractivity contribution in [3.63, 3.8) is 0 Å². The molecule has 0 spiro atoms. The predicted octanol–water partition coefficient (Wildman–Crippen LogP) is 0.803. The molecule has 0 aromatic heterocycles. The molecule has 0 saturated heterocycles. The molecule has 4 heteroatoms. The Morgan fingerprint density at radius 1 is 1.21 bits per heavy atom. The van der Waals surface area contributed by atoms with Gasteiger partial charge in [-0.25, -0.2) is 4.39 Å². The molecule has 14 heavy (non-hydrogen) atoms. The van der Waals surface area contributed by atoms with E-state index in [0.717, 1.165) is 0 Å². The van der Waals surface area contributed by atoms with Crippen molar-refractivity contribution in [1.82, 2.24) is 0 Å². The van der Waals surface area contributed by atoms with Crippen molar-refractivity contribution in [2.24, 2.45) is 0 Å². The van der Waals surface area contributed by atoms with Crippen LogP contribution in [0.5, 0.6) is 0 Å². The maximum Gasteiger partial charge on any atom is 0.491 e. The average Bonchev–Trinajstić information content (AvgIpc) is 2.01. The van der Waals surface area contributed by atoms with E-state index >= 15 is 0 Å². The molecule has 0 atom stereocenters. The molecule has 0 heterocycles. The first-order chi connectivity index (χ1) is 6.34. The Hall–Kier alpha value is -0.865. The highest BCUT2D eigenvalue weighted by Gasteiger charge is 2.24. The van der Waals surface area contributed by atoms with Gasteiger partial charge in [0.2, 0.25) is 0 Å². The van der Waals surface area contributed by atoms with Gasteiger partial charge in [0, 0.05) is 5.46 Å². The van der Waals surface area contributed by atoms with Gasteiger partial charge in [-0.1, -0.05) is 39.0 Å². The van der Waals surface area contributed by atoms with Crippen LogP contribution in [0.1, 0.15) is 26.3 Å². The number of benzene rings is 1. The van der Waals surface area contributed by atoms with Gasteiger partial charge in [0.15, 0.2) is 0 Å². The Morgan fingerprint density at radius 2 is 1.79 bits per heavy atom. The van der Waals surface area contributed by atoms with E-state index in [4.69, 9.17) is 10.0 Å². The lowest BCUT2D eigenvalue weighted by Gasteiger charge is -2.20. The summed E-state index contributed by atoms with van der Waals surface area (Å²) in [4.78, 5) is 0. The molecular formula is C10H14BFO2. The summed E-state index contributed by atoms with van der Waals surface area (Å²) in [5.41, 5.74) is 0.0788. The highest BCUT2D eigenvalue weighted by atomic mass is 19.1. The van der Waals surface area contributed by atoms with Gasteiger partial charge >= 0.3 is 7.12 Å². The zero-order valence-corrected chi connectivity index (χ0v) is 8.58. The molecule has 0 unspecified atom stereocenters. The smallest absolute Gasteiger partial charge is 0.423 e. The van der Waals surface area contributed by atoms with Crippen molar-refractivity contribution >= 4 is 12.6 Å². The second kappa shape index (κ2) is 3.71. The fourth-order valence-electron chi connectivity index (χ4n) is 1.33. The summed E-state index contributed by atoms with van der Waals surface area (Å²) in [6.07, 6.45) is 0. The Labute approximate surface area is 83.5 Å². The number of rotatable bonds is 1. The van der Waals surface area contributed by atoms with E-state index < -0.39 is 12.9 Å². The van der Waals surface area contributed by atoms with Gasteiger partial charge < -0.3 is 10.0 Å². The van der Waals surface area contributed by atoms with E-state index in [1.807, 2.05) is 20.8 Å². The molecule has 0 bridgehead atoms. The molecule has 76 valence electrons. The Morgan fingerprint density at radius 3 is 2.21 bits per heavy atom. The van der Waals surface area contributed by atoms with Crippen molar-refractivity contribution in [3.8, 4) is 0 Å². The fourth-order valence-corrected chi connectivity index (χ4v) is 1.33. The third kappa shape index (κ3) is 2.14. The molecule has 1 aromatic carbocycles. The Kier molecular flexibility index (Phi) is 2.97. The highest BCUT2D eigenvalue weighted by Crippen LogP contribution is 2.23. The molecule has 0 fully saturated rings. The lowest BCUT2D eigenvalue weighted by atomic mass is 9.75. The predicted molar refractivity (Wildman–Crippen MR) is 54.9 cm³/mol. The SMILES string of the molecule is CC(C)(C)c1cccc(B(O)O)c1F. The monoisotopic (exact) mass is 196 g/mol. The summed E-state index contributed by atoms with van der Waals surface area (Å²) in [5.74, 6) is -0.532. The molecule has 1 aromatic rings. The normalized spacial score (nSPS) is 11.6. The molecule has 0 aliphatic heterocycles. The van der Waals surface area contributed by atoms with Crippen molar-refractivity contribution < 1.29 is 14.4 Å². The fraction of sp³-hybridized carbons (Fsp3) is 0.400. The summed E-state index contributed by atoms with van der Waals surface area (Å²) in [7, 11) is -1.75. The van der Waals surface area contributed by atoms with E-state index in [1.165, 1.54) is 6.07 Å². The summed E-state index contributed by atoms with van der Waals surface area (Å²) in [6.45, 7) is 5.62. The minimum Gasteiger partial charge on any atom is -0.423 e. The second-order valence-corrected chi connectivity index (χ2v) is 4.33. The van der Waals surface area contributed by atoms with Crippen molar-refractivity contribution in [2.45, 2.75) is 26.2 Å². The standard InChI is InChI=1S/C10H14BFO2/c1-10(2,3)7-5-4-6-8(9(7)12)11(13)14/h4-6,13-14H,1-3H3. The second-order valence-electron chi connectivity index (χ2n) is 4.33. The first kappa shape index (κ1) is 11.2. The molecule has 0 saturated carbocycles. The van der Waals surface area contributed by atoms with Crippen molar-refractivity contribution in [3.05, 3.63) is 29.6 Å². The van der Waals surface area contributed by atoms with Gasteiger partial charge in [0.05, 0.1) is 0 Å². The van der Waals surface area contributed by atoms with Crippen LogP contribution in [0.15, 0.2) is 18.2 Å². The van der Waals surface area contributed by atoms with Crippen LogP contribution in [0.25, 0.3) is 0 Å². The third-order valence-corrected chi connectivity index (χ3v) is 2.11. The van der Waals surface area contributed by atoms with Crippen LogP contribution in [0.3, 0.4) is 0 Å². The summed E-state index contributed by atoms with van der Waals surface area (Å²) in [5, 5.41) is 17.8. The van der Waals surface area contributed by atoms with E-state index in [0.29, 0.717) is 5.56 Å². The van der Waals surface area contributed by atoms with E-state index in [2.05, 4.69) is 0 Å². The van der Waals surface area contributed by atoms with E-state index in [1.54, 1.807) is 12.1 Å². The lowest BCUT2D eigenvalue weighted by Crippen LogP contribution is -2.34. The topological polar surface area (TPSA) is 40.5 Å². The lowest BCUT2D eigenvalue weighted by molar-refractivity contribution is 0.421. The van der Waals surface area contributed by atoms with Crippen LogP contribution >= 0.6 is 0 Å². The molecule has 2 N–H and O–H groups in total. The van der Waals surface area contributed by atoms with Crippen LogP contribution in [-0.4, -0.2) is 17.2 Å². The van der Waals surface area contributed by atoms with Gasteiger partial charge in [0.25, 0.3) is 0 Å². The van der Waals surface area contributed by atoms with Crippen LogP contribution in [-0.2, 0) is 5.41 Å². The number of hydrogen-bond donors (Lipinski definition) is 2. The van der Waals surface area contributed by atoms with Crippen molar-refractivity contribution in [2.75, 3.05) is 0 Å². The van der Waals surface area contributed by atoms with Gasteiger partial charge in [-0.2, -0.15) is 0 Å². The first-order valence-electron chi connectivity index (χ1n) is 4.49. The first-order valence-corrected chi connectivity index (χ1v) is 4.49. The van der Waals surface area contributed by atoms with Crippen LogP contribution in [0.2, 0.25) is 0 Å². The number of halogens is 1. The Balaban J connectivity index is 3.28. The molecular weight excluding hydrogens is 182 g/mol. The minimum absolute atomic E-state index is 0.0718. The molecule has 0 amide bonds. The van der Waals surface area contributed by atoms with Gasteiger partial charge in [-0.15, -0.1) is 0 Å². The molecule has 0 aliphatic carbocycles. The van der Waals surface area contributed by atoms with Crippen LogP contribution in [0.4, 0.5) is 4.39 Å². The van der Waals surface area contributed by atoms with Gasteiger partial charge in [-0.05, 0) is 11.0 Å². The summed E-state index contributed by atoms with van der Waals surface area (Å²) >= 11 is 0. The maximum atomic E-state index is 13.7. The zero-order valence-electron chi connectivity index (χ0n) is 8.58. The van der Waals surface area contributed by atoms with Gasteiger partial charge in [-0.3, -0.25) is 0 Å². The maximum absolute atomic E-state index is 13.7. The van der Waals surface area contributed by atoms with Crippen molar-refractivity contribution in [1.29, 1.82) is 0 Å². The minimum atomic E-state index is -1.75.